The second-order valence-corrected chi connectivity index (χ2v) is 4.02. The Morgan fingerprint density at radius 2 is 2.00 bits per heavy atom. The van der Waals surface area contributed by atoms with Gasteiger partial charge in [0.25, 0.3) is 0 Å². The summed E-state index contributed by atoms with van der Waals surface area (Å²) >= 11 is 6.52. The fourth-order valence-electron chi connectivity index (χ4n) is 0.895. The summed E-state index contributed by atoms with van der Waals surface area (Å²) in [5, 5.41) is 19.4. The van der Waals surface area contributed by atoms with Gasteiger partial charge in [-0.1, -0.05) is 11.8 Å². The lowest BCUT2D eigenvalue weighted by Crippen LogP contribution is -2.00. The first-order valence-corrected chi connectivity index (χ1v) is 5.40. The molecule has 0 saturated carbocycles. The molecule has 15 heavy (non-hydrogen) atoms. The zero-order valence-electron chi connectivity index (χ0n) is 8.10. The molecule has 0 N–H and O–H groups in total. The molecule has 0 aliphatic rings. The van der Waals surface area contributed by atoms with Crippen LogP contribution in [0.2, 0.25) is 0 Å². The quantitative estimate of drug-likeness (QED) is 0.538. The Morgan fingerprint density at radius 1 is 1.20 bits per heavy atom. The molecule has 0 saturated heterocycles. The number of aryl methyl sites for hydroxylation is 2. The van der Waals surface area contributed by atoms with Gasteiger partial charge >= 0.3 is 0 Å². The molecule has 0 fully saturated rings. The molecule has 0 spiro atoms. The molecule has 0 amide bonds. The Kier molecular flexibility index (Phi) is 2.77. The first-order valence-electron chi connectivity index (χ1n) is 4.00. The number of aromatic nitrogens is 8. The highest BCUT2D eigenvalue weighted by Gasteiger charge is 2.05. The Labute approximate surface area is 94.2 Å². The van der Waals surface area contributed by atoms with E-state index in [2.05, 4.69) is 26.0 Å². The number of tetrazole rings is 2. The zero-order valence-corrected chi connectivity index (χ0v) is 9.73. The molecule has 2 rings (SSSR count). The predicted octanol–water partition coefficient (Wildman–Crippen LogP) is -0.381. The maximum absolute atomic E-state index is 5.08. The summed E-state index contributed by atoms with van der Waals surface area (Å²) in [5.74, 6) is 0.543. The molecule has 10 heteroatoms. The van der Waals surface area contributed by atoms with Crippen molar-refractivity contribution in [3.63, 3.8) is 0 Å². The van der Waals surface area contributed by atoms with Gasteiger partial charge in [-0.15, -0.1) is 5.10 Å². The van der Waals surface area contributed by atoms with E-state index < -0.39 is 0 Å². The van der Waals surface area contributed by atoms with Crippen molar-refractivity contribution in [2.24, 2.45) is 14.1 Å². The van der Waals surface area contributed by atoms with Crippen LogP contribution in [0.3, 0.4) is 0 Å². The molecule has 0 radical (unpaired) electrons. The smallest absolute Gasteiger partial charge is 0.216 e. The van der Waals surface area contributed by atoms with Crippen LogP contribution in [0.15, 0.2) is 5.16 Å². The minimum Gasteiger partial charge on any atom is -0.224 e. The van der Waals surface area contributed by atoms with E-state index in [0.717, 1.165) is 0 Å². The summed E-state index contributed by atoms with van der Waals surface area (Å²) in [6.45, 7) is 0. The lowest BCUT2D eigenvalue weighted by atomic mass is 11.1. The molecule has 80 valence electrons. The maximum atomic E-state index is 5.08. The summed E-state index contributed by atoms with van der Waals surface area (Å²) in [4.78, 5) is 0. The van der Waals surface area contributed by atoms with Crippen molar-refractivity contribution in [1.82, 2.24) is 40.0 Å². The molecule has 0 aliphatic carbocycles. The summed E-state index contributed by atoms with van der Waals surface area (Å²) in [5.41, 5.74) is 0. The van der Waals surface area contributed by atoms with Gasteiger partial charge in [-0.05, 0) is 33.1 Å². The van der Waals surface area contributed by atoms with Gasteiger partial charge in [-0.2, -0.15) is 0 Å². The topological polar surface area (TPSA) is 79.2 Å². The molecule has 0 atom stereocenters. The minimum absolute atomic E-state index is 0.543. The van der Waals surface area contributed by atoms with Crippen molar-refractivity contribution in [3.8, 4) is 0 Å². The zero-order chi connectivity index (χ0) is 10.8. The van der Waals surface area contributed by atoms with Crippen LogP contribution in [-0.2, 0) is 20.0 Å². The SMILES string of the molecule is Cn1nnnc1SCn1nnn(C)c1=S. The van der Waals surface area contributed by atoms with Crippen molar-refractivity contribution < 1.29 is 0 Å². The van der Waals surface area contributed by atoms with Crippen LogP contribution in [-0.4, -0.2) is 40.0 Å². The van der Waals surface area contributed by atoms with Crippen molar-refractivity contribution in [3.05, 3.63) is 4.77 Å². The van der Waals surface area contributed by atoms with E-state index in [0.29, 0.717) is 15.8 Å². The average Bonchev–Trinajstić information content (AvgIpc) is 2.74. The maximum Gasteiger partial charge on any atom is 0.216 e. The van der Waals surface area contributed by atoms with E-state index in [4.69, 9.17) is 12.2 Å². The van der Waals surface area contributed by atoms with E-state index in [9.17, 15) is 0 Å². The first-order chi connectivity index (χ1) is 7.18. The van der Waals surface area contributed by atoms with Gasteiger partial charge in [0.15, 0.2) is 0 Å². The van der Waals surface area contributed by atoms with Crippen LogP contribution in [0.25, 0.3) is 0 Å². The van der Waals surface area contributed by atoms with Crippen molar-refractivity contribution in [2.75, 3.05) is 0 Å². The molecule has 8 nitrogen and oxygen atoms in total. The Hall–Kier alpha value is -1.29. The van der Waals surface area contributed by atoms with Crippen LogP contribution in [0, 0.1) is 4.77 Å². The molecular formula is C5H8N8S2. The third-order valence-electron chi connectivity index (χ3n) is 1.68. The van der Waals surface area contributed by atoms with Gasteiger partial charge in [0.05, 0.1) is 5.88 Å². The van der Waals surface area contributed by atoms with Crippen LogP contribution in [0.5, 0.6) is 0 Å². The van der Waals surface area contributed by atoms with Crippen LogP contribution >= 0.6 is 24.0 Å². The van der Waals surface area contributed by atoms with Gasteiger partial charge in [0.1, 0.15) is 0 Å². The Balaban J connectivity index is 2.09. The Morgan fingerprint density at radius 3 is 2.53 bits per heavy atom. The van der Waals surface area contributed by atoms with Crippen molar-refractivity contribution >= 4 is 24.0 Å². The lowest BCUT2D eigenvalue weighted by Gasteiger charge is -1.97. The first kappa shape index (κ1) is 10.2. The highest BCUT2D eigenvalue weighted by Crippen LogP contribution is 2.14. The molecule has 0 unspecified atom stereocenters. The monoisotopic (exact) mass is 244 g/mol. The fourth-order valence-corrected chi connectivity index (χ4v) is 1.84. The largest absolute Gasteiger partial charge is 0.224 e. The molecule has 0 aromatic carbocycles. The number of hydrogen-bond acceptors (Lipinski definition) is 7. The second-order valence-electron chi connectivity index (χ2n) is 2.74. The fraction of sp³-hybridized carbons (Fsp3) is 0.600. The summed E-state index contributed by atoms with van der Waals surface area (Å²) in [7, 11) is 3.53. The van der Waals surface area contributed by atoms with Crippen LogP contribution < -0.4 is 0 Å². The van der Waals surface area contributed by atoms with E-state index in [1.54, 1.807) is 23.5 Å². The van der Waals surface area contributed by atoms with E-state index >= 15 is 0 Å². The third-order valence-corrected chi connectivity index (χ3v) is 3.13. The number of hydrogen-bond donors (Lipinski definition) is 0. The predicted molar refractivity (Wildman–Crippen MR) is 54.5 cm³/mol. The summed E-state index contributed by atoms with van der Waals surface area (Å²) < 4.78 is 5.29. The summed E-state index contributed by atoms with van der Waals surface area (Å²) in [6.07, 6.45) is 0. The van der Waals surface area contributed by atoms with Crippen LogP contribution in [0.1, 0.15) is 0 Å². The molecule has 2 aromatic heterocycles. The molecular weight excluding hydrogens is 236 g/mol. The van der Waals surface area contributed by atoms with Gasteiger partial charge < -0.3 is 0 Å². The highest BCUT2D eigenvalue weighted by atomic mass is 32.2. The second kappa shape index (κ2) is 4.06. The average molecular weight is 244 g/mol. The van der Waals surface area contributed by atoms with Crippen molar-refractivity contribution in [2.45, 2.75) is 11.0 Å². The van der Waals surface area contributed by atoms with Gasteiger partial charge in [-0.3, -0.25) is 0 Å². The minimum atomic E-state index is 0.543. The summed E-state index contributed by atoms with van der Waals surface area (Å²) in [6, 6.07) is 0. The van der Waals surface area contributed by atoms with Gasteiger partial charge in [0, 0.05) is 14.1 Å². The van der Waals surface area contributed by atoms with Gasteiger partial charge in [-0.25, -0.2) is 14.0 Å². The van der Waals surface area contributed by atoms with E-state index in [-0.39, 0.29) is 0 Å². The third kappa shape index (κ3) is 2.04. The normalized spacial score (nSPS) is 10.8. The number of thioether (sulfide) groups is 1. The Bertz CT molecular complexity index is 509. The molecule has 0 aliphatic heterocycles. The number of rotatable bonds is 3. The molecule has 2 aromatic rings. The number of nitrogens with zero attached hydrogens (tertiary/aromatic N) is 8. The standard InChI is InChI=1S/C5H8N8S2/c1-11-4(6-7-8-11)15-3-13-5(14)12(2)9-10-13/h3H2,1-2H3. The molecule has 0 bridgehead atoms. The van der Waals surface area contributed by atoms with Gasteiger partial charge in [0.2, 0.25) is 9.93 Å². The van der Waals surface area contributed by atoms with E-state index in [1.807, 2.05) is 0 Å². The van der Waals surface area contributed by atoms with Crippen molar-refractivity contribution in [1.29, 1.82) is 0 Å². The van der Waals surface area contributed by atoms with Crippen LogP contribution in [0.4, 0.5) is 0 Å². The van der Waals surface area contributed by atoms with E-state index in [1.165, 1.54) is 16.4 Å². The highest BCUT2D eigenvalue weighted by molar-refractivity contribution is 7.98. The lowest BCUT2D eigenvalue weighted by molar-refractivity contribution is 0.654. The molecule has 2 heterocycles.